The van der Waals surface area contributed by atoms with E-state index >= 15 is 0 Å². The topological polar surface area (TPSA) is 189 Å². The van der Waals surface area contributed by atoms with Gasteiger partial charge in [-0.3, -0.25) is 4.79 Å². The minimum atomic E-state index is -1.67. The van der Waals surface area contributed by atoms with Crippen LogP contribution in [0.3, 0.4) is 0 Å². The Morgan fingerprint density at radius 1 is 0.395 bits per heavy atom. The van der Waals surface area contributed by atoms with E-state index in [0.29, 0.717) is 19.3 Å². The number of aliphatic hydroxyl groups is 7. The summed E-state index contributed by atoms with van der Waals surface area (Å²) < 4.78 is 11.2. The van der Waals surface area contributed by atoms with Crippen molar-refractivity contribution in [3.63, 3.8) is 0 Å². The second kappa shape index (κ2) is 63.7. The van der Waals surface area contributed by atoms with Gasteiger partial charge in [-0.1, -0.05) is 353 Å². The average Bonchev–Trinajstić information content (AvgIpc) is 3.04. The summed E-state index contributed by atoms with van der Waals surface area (Å²) in [6.45, 7) is 3.51. The zero-order chi connectivity index (χ0) is 62.4. The molecule has 0 saturated carbocycles. The molecule has 0 bridgehead atoms. The Bertz CT molecular complexity index is 1450. The van der Waals surface area contributed by atoms with Crippen LogP contribution < -0.4 is 5.32 Å². The van der Waals surface area contributed by atoms with Gasteiger partial charge in [0.2, 0.25) is 5.91 Å². The van der Waals surface area contributed by atoms with Crippen molar-refractivity contribution in [2.24, 2.45) is 0 Å². The zero-order valence-corrected chi connectivity index (χ0v) is 56.6. The van der Waals surface area contributed by atoms with Gasteiger partial charge in [0.1, 0.15) is 36.6 Å². The molecule has 8 N–H and O–H groups in total. The molecule has 1 rings (SSSR count). The van der Waals surface area contributed by atoms with Crippen molar-refractivity contribution in [3.8, 4) is 0 Å². The standard InChI is InChI=1S/C75H145NO10/c1-3-5-7-9-11-13-15-17-19-21-23-25-27-29-31-33-34-35-37-38-40-42-44-46-48-50-52-54-56-58-60-62-67(78)70(80)66(65-85-75-73(83)72(82)71(81)69(64-77)86-75)76-74(84)68(79)63-61-59-57-55-53-51-49-47-45-43-41-39-36-32-30-28-26-24-22-20-18-16-14-12-10-8-6-4-2/h46,48,54,56,66-73,75,77-83H,3-45,47,49-53,55,57-65H2,1-2H3,(H,76,84)/b48-46+,56-54+. The van der Waals surface area contributed by atoms with Gasteiger partial charge in [-0.15, -0.1) is 0 Å². The normalized spacial score (nSPS) is 18.8. The minimum absolute atomic E-state index is 0.250. The number of carbonyl (C=O) groups excluding carboxylic acids is 1. The second-order valence-corrected chi connectivity index (χ2v) is 26.7. The number of ether oxygens (including phenoxy) is 2. The Labute approximate surface area is 531 Å². The molecule has 1 heterocycles. The third-order valence-corrected chi connectivity index (χ3v) is 18.5. The van der Waals surface area contributed by atoms with Crippen LogP contribution in [0.4, 0.5) is 0 Å². The summed E-state index contributed by atoms with van der Waals surface area (Å²) >= 11 is 0. The predicted molar refractivity (Wildman–Crippen MR) is 362 cm³/mol. The van der Waals surface area contributed by atoms with Crippen molar-refractivity contribution in [2.75, 3.05) is 13.2 Å². The first-order chi connectivity index (χ1) is 42.2. The van der Waals surface area contributed by atoms with Crippen LogP contribution in [0.2, 0.25) is 0 Å². The van der Waals surface area contributed by atoms with Crippen LogP contribution in [0.15, 0.2) is 24.3 Å². The van der Waals surface area contributed by atoms with Crippen molar-refractivity contribution in [2.45, 2.75) is 435 Å². The first-order valence-electron chi connectivity index (χ1n) is 37.7. The number of unbranched alkanes of at least 4 members (excludes halogenated alkanes) is 51. The van der Waals surface area contributed by atoms with E-state index in [1.165, 1.54) is 295 Å². The molecule has 1 saturated heterocycles. The highest BCUT2D eigenvalue weighted by Crippen LogP contribution is 2.24. The van der Waals surface area contributed by atoms with E-state index in [0.717, 1.165) is 38.5 Å². The molecular formula is C75H145NO10. The van der Waals surface area contributed by atoms with Gasteiger partial charge in [0.05, 0.1) is 25.4 Å². The molecule has 9 atom stereocenters. The lowest BCUT2D eigenvalue weighted by Crippen LogP contribution is -2.60. The number of nitrogens with one attached hydrogen (secondary N) is 1. The molecule has 9 unspecified atom stereocenters. The molecule has 0 aromatic carbocycles. The van der Waals surface area contributed by atoms with E-state index in [2.05, 4.69) is 43.5 Å². The van der Waals surface area contributed by atoms with Gasteiger partial charge in [0.15, 0.2) is 6.29 Å². The van der Waals surface area contributed by atoms with Crippen molar-refractivity contribution in [1.82, 2.24) is 5.32 Å². The minimum Gasteiger partial charge on any atom is -0.394 e. The summed E-state index contributed by atoms with van der Waals surface area (Å²) in [4.78, 5) is 13.3. The van der Waals surface area contributed by atoms with Crippen molar-refractivity contribution in [3.05, 3.63) is 24.3 Å². The largest absolute Gasteiger partial charge is 0.394 e. The number of amides is 1. The van der Waals surface area contributed by atoms with Crippen LogP contribution in [-0.4, -0.2) is 110 Å². The monoisotopic (exact) mass is 1220 g/mol. The van der Waals surface area contributed by atoms with Gasteiger partial charge in [-0.25, -0.2) is 0 Å². The molecule has 0 spiro atoms. The van der Waals surface area contributed by atoms with Gasteiger partial charge >= 0.3 is 0 Å². The molecule has 1 fully saturated rings. The van der Waals surface area contributed by atoms with E-state index in [-0.39, 0.29) is 12.8 Å². The fourth-order valence-electron chi connectivity index (χ4n) is 12.5. The van der Waals surface area contributed by atoms with Crippen LogP contribution in [0.5, 0.6) is 0 Å². The van der Waals surface area contributed by atoms with Gasteiger partial charge in [-0.2, -0.15) is 0 Å². The quantitative estimate of drug-likeness (QED) is 0.0215. The second-order valence-electron chi connectivity index (χ2n) is 26.7. The molecule has 1 aliphatic heterocycles. The van der Waals surface area contributed by atoms with Crippen LogP contribution in [-0.2, 0) is 14.3 Å². The molecule has 11 heteroatoms. The molecule has 1 amide bonds. The van der Waals surface area contributed by atoms with Crippen molar-refractivity contribution >= 4 is 5.91 Å². The van der Waals surface area contributed by atoms with E-state index in [1.54, 1.807) is 0 Å². The lowest BCUT2D eigenvalue weighted by molar-refractivity contribution is -0.303. The van der Waals surface area contributed by atoms with E-state index < -0.39 is 74.2 Å². The average molecular weight is 1220 g/mol. The van der Waals surface area contributed by atoms with Crippen LogP contribution in [0.1, 0.15) is 380 Å². The molecule has 0 aromatic rings. The number of rotatable bonds is 67. The Hall–Kier alpha value is -1.41. The molecule has 0 aromatic heterocycles. The molecular weight excluding hydrogens is 1070 g/mol. The molecule has 0 aliphatic carbocycles. The maximum Gasteiger partial charge on any atom is 0.249 e. The SMILES string of the molecule is CCCCCCCCCCCCCCCCCCCCCCCC/C=C/CC/C=C/CCCC(O)C(O)C(COC1OC(CO)C(O)C(O)C1O)NC(=O)C(O)CCCCCCCCCCCCCCCCCCCCCCCCCCCCCC. The van der Waals surface area contributed by atoms with Crippen LogP contribution in [0.25, 0.3) is 0 Å². The number of aliphatic hydroxyl groups excluding tert-OH is 7. The Kier molecular flexibility index (Phi) is 61.2. The molecule has 510 valence electrons. The highest BCUT2D eigenvalue weighted by atomic mass is 16.7. The Morgan fingerprint density at radius 3 is 1.03 bits per heavy atom. The van der Waals surface area contributed by atoms with E-state index in [1.807, 2.05) is 0 Å². The maximum atomic E-state index is 13.3. The summed E-state index contributed by atoms with van der Waals surface area (Å²) in [6.07, 6.45) is 70.0. The first-order valence-corrected chi connectivity index (χ1v) is 37.7. The molecule has 1 aliphatic rings. The van der Waals surface area contributed by atoms with Gasteiger partial charge in [0.25, 0.3) is 0 Å². The number of carbonyl (C=O) groups is 1. The number of allylic oxidation sites excluding steroid dienone is 4. The fourth-order valence-corrected chi connectivity index (χ4v) is 12.5. The van der Waals surface area contributed by atoms with Crippen molar-refractivity contribution in [1.29, 1.82) is 0 Å². The lowest BCUT2D eigenvalue weighted by atomic mass is 9.98. The third-order valence-electron chi connectivity index (χ3n) is 18.5. The van der Waals surface area contributed by atoms with Crippen LogP contribution >= 0.6 is 0 Å². The Balaban J connectivity index is 2.19. The molecule has 0 radical (unpaired) electrons. The highest BCUT2D eigenvalue weighted by molar-refractivity contribution is 5.80. The smallest absolute Gasteiger partial charge is 0.249 e. The molecule has 86 heavy (non-hydrogen) atoms. The fraction of sp³-hybridized carbons (Fsp3) is 0.933. The van der Waals surface area contributed by atoms with Gasteiger partial charge in [-0.05, 0) is 51.4 Å². The van der Waals surface area contributed by atoms with E-state index in [4.69, 9.17) is 9.47 Å². The highest BCUT2D eigenvalue weighted by Gasteiger charge is 2.44. The zero-order valence-electron chi connectivity index (χ0n) is 56.6. The van der Waals surface area contributed by atoms with Crippen LogP contribution in [0, 0.1) is 0 Å². The number of hydrogen-bond acceptors (Lipinski definition) is 10. The van der Waals surface area contributed by atoms with Gasteiger partial charge in [0, 0.05) is 0 Å². The lowest BCUT2D eigenvalue weighted by Gasteiger charge is -2.40. The molecule has 11 nitrogen and oxygen atoms in total. The predicted octanol–water partition coefficient (Wildman–Crippen LogP) is 18.8. The van der Waals surface area contributed by atoms with E-state index in [9.17, 15) is 40.5 Å². The first kappa shape index (κ1) is 82.6. The third kappa shape index (κ3) is 50.3. The summed E-state index contributed by atoms with van der Waals surface area (Å²) in [5.74, 6) is -0.702. The number of hydrogen-bond donors (Lipinski definition) is 8. The summed E-state index contributed by atoms with van der Waals surface area (Å²) in [5, 5.41) is 76.6. The Morgan fingerprint density at radius 2 is 0.698 bits per heavy atom. The summed E-state index contributed by atoms with van der Waals surface area (Å²) in [7, 11) is 0. The maximum absolute atomic E-state index is 13.3. The summed E-state index contributed by atoms with van der Waals surface area (Å²) in [5.41, 5.74) is 0. The van der Waals surface area contributed by atoms with Gasteiger partial charge < -0.3 is 50.5 Å². The van der Waals surface area contributed by atoms with Crippen molar-refractivity contribution < 1.29 is 50.0 Å². The summed E-state index contributed by atoms with van der Waals surface area (Å²) in [6, 6.07) is -1.19.